The number of hydrogen-bond acceptors (Lipinski definition) is 2. The number of rotatable bonds is 4. The maximum absolute atomic E-state index is 11.2. The first-order chi connectivity index (χ1) is 4.54. The van der Waals surface area contributed by atoms with Crippen molar-refractivity contribution in [2.24, 2.45) is 0 Å². The van der Waals surface area contributed by atoms with E-state index in [2.05, 4.69) is 5.32 Å². The molecule has 0 aromatic heterocycles. The normalized spacial score (nSPS) is 11.6. The van der Waals surface area contributed by atoms with Crippen LogP contribution in [-0.2, 0) is 4.79 Å². The number of hydrogen-bond donors (Lipinski definition) is 1. The predicted molar refractivity (Wildman–Crippen MR) is 43.1 cm³/mol. The SMILES string of the molecule is CCNC(C)(C)C(=O)CC. The minimum atomic E-state index is -0.330. The van der Waals surface area contributed by atoms with E-state index < -0.39 is 0 Å². The first kappa shape index (κ1) is 9.63. The summed E-state index contributed by atoms with van der Waals surface area (Å²) in [6, 6.07) is 0. The van der Waals surface area contributed by atoms with Gasteiger partial charge in [0.15, 0.2) is 5.78 Å². The van der Waals surface area contributed by atoms with E-state index in [-0.39, 0.29) is 11.3 Å². The van der Waals surface area contributed by atoms with Gasteiger partial charge in [-0.3, -0.25) is 4.79 Å². The largest absolute Gasteiger partial charge is 0.306 e. The zero-order chi connectivity index (χ0) is 8.20. The second-order valence-electron chi connectivity index (χ2n) is 2.93. The lowest BCUT2D eigenvalue weighted by Crippen LogP contribution is -2.46. The van der Waals surface area contributed by atoms with E-state index in [1.54, 1.807) is 0 Å². The summed E-state index contributed by atoms with van der Waals surface area (Å²) >= 11 is 0. The Morgan fingerprint density at radius 2 is 1.90 bits per heavy atom. The highest BCUT2D eigenvalue weighted by Crippen LogP contribution is 2.05. The summed E-state index contributed by atoms with van der Waals surface area (Å²) in [6.07, 6.45) is 0.611. The number of ketones is 1. The van der Waals surface area contributed by atoms with Gasteiger partial charge in [-0.05, 0) is 20.4 Å². The van der Waals surface area contributed by atoms with E-state index in [9.17, 15) is 4.79 Å². The van der Waals surface area contributed by atoms with Crippen molar-refractivity contribution in [3.63, 3.8) is 0 Å². The van der Waals surface area contributed by atoms with Gasteiger partial charge >= 0.3 is 0 Å². The molecule has 10 heavy (non-hydrogen) atoms. The van der Waals surface area contributed by atoms with Crippen molar-refractivity contribution in [1.82, 2.24) is 5.32 Å². The van der Waals surface area contributed by atoms with Gasteiger partial charge in [0.1, 0.15) is 0 Å². The van der Waals surface area contributed by atoms with E-state index in [1.165, 1.54) is 0 Å². The van der Waals surface area contributed by atoms with Crippen LogP contribution in [0.2, 0.25) is 0 Å². The Morgan fingerprint density at radius 3 is 2.20 bits per heavy atom. The summed E-state index contributed by atoms with van der Waals surface area (Å²) < 4.78 is 0. The van der Waals surface area contributed by atoms with Crippen molar-refractivity contribution >= 4 is 5.78 Å². The van der Waals surface area contributed by atoms with Crippen LogP contribution in [0.1, 0.15) is 34.1 Å². The summed E-state index contributed by atoms with van der Waals surface area (Å²) in [5.74, 6) is 0.273. The van der Waals surface area contributed by atoms with Gasteiger partial charge in [0.2, 0.25) is 0 Å². The molecule has 0 atom stereocenters. The van der Waals surface area contributed by atoms with Crippen LogP contribution in [-0.4, -0.2) is 17.9 Å². The lowest BCUT2D eigenvalue weighted by atomic mass is 9.97. The first-order valence-electron chi connectivity index (χ1n) is 3.83. The molecule has 0 spiro atoms. The minimum Gasteiger partial charge on any atom is -0.306 e. The Morgan fingerprint density at radius 1 is 1.40 bits per heavy atom. The molecule has 0 saturated heterocycles. The highest BCUT2D eigenvalue weighted by Gasteiger charge is 2.23. The lowest BCUT2D eigenvalue weighted by molar-refractivity contribution is -0.123. The van der Waals surface area contributed by atoms with Gasteiger partial charge in [0, 0.05) is 6.42 Å². The smallest absolute Gasteiger partial charge is 0.152 e. The number of carbonyl (C=O) groups excluding carboxylic acids is 1. The molecule has 0 fully saturated rings. The molecule has 0 radical (unpaired) electrons. The molecule has 0 aliphatic heterocycles. The van der Waals surface area contributed by atoms with Crippen LogP contribution in [0.4, 0.5) is 0 Å². The van der Waals surface area contributed by atoms with Gasteiger partial charge < -0.3 is 5.32 Å². The van der Waals surface area contributed by atoms with E-state index in [4.69, 9.17) is 0 Å². The molecular formula is C8H17NO. The number of nitrogens with one attached hydrogen (secondary N) is 1. The third-order valence-corrected chi connectivity index (χ3v) is 1.64. The Balaban J connectivity index is 3.96. The third-order valence-electron chi connectivity index (χ3n) is 1.64. The van der Waals surface area contributed by atoms with Crippen LogP contribution >= 0.6 is 0 Å². The van der Waals surface area contributed by atoms with Crippen LogP contribution in [0.15, 0.2) is 0 Å². The third kappa shape index (κ3) is 2.48. The molecule has 0 bridgehead atoms. The van der Waals surface area contributed by atoms with Gasteiger partial charge in [-0.25, -0.2) is 0 Å². The zero-order valence-electron chi connectivity index (χ0n) is 7.32. The second-order valence-corrected chi connectivity index (χ2v) is 2.93. The maximum atomic E-state index is 11.2. The molecule has 1 N–H and O–H groups in total. The molecule has 0 aliphatic carbocycles. The fourth-order valence-corrected chi connectivity index (χ4v) is 0.982. The monoisotopic (exact) mass is 143 g/mol. The maximum Gasteiger partial charge on any atom is 0.152 e. The molecule has 0 saturated carbocycles. The van der Waals surface area contributed by atoms with Crippen molar-refractivity contribution in [3.05, 3.63) is 0 Å². The van der Waals surface area contributed by atoms with Gasteiger partial charge in [-0.15, -0.1) is 0 Å². The Kier molecular flexibility index (Phi) is 3.58. The Bertz CT molecular complexity index is 118. The molecule has 0 rings (SSSR count). The highest BCUT2D eigenvalue weighted by molar-refractivity contribution is 5.87. The van der Waals surface area contributed by atoms with Crippen LogP contribution in [0.5, 0.6) is 0 Å². The average Bonchev–Trinajstić information content (AvgIpc) is 1.86. The van der Waals surface area contributed by atoms with E-state index in [0.717, 1.165) is 6.54 Å². The molecule has 0 amide bonds. The molecule has 2 nitrogen and oxygen atoms in total. The molecule has 0 aromatic carbocycles. The second kappa shape index (κ2) is 3.71. The van der Waals surface area contributed by atoms with Crippen molar-refractivity contribution < 1.29 is 4.79 Å². The van der Waals surface area contributed by atoms with Gasteiger partial charge in [-0.2, -0.15) is 0 Å². The minimum absolute atomic E-state index is 0.273. The first-order valence-corrected chi connectivity index (χ1v) is 3.83. The molecule has 0 heterocycles. The summed E-state index contributed by atoms with van der Waals surface area (Å²) in [5.41, 5.74) is -0.330. The molecular weight excluding hydrogens is 126 g/mol. The quantitative estimate of drug-likeness (QED) is 0.643. The fourth-order valence-electron chi connectivity index (χ4n) is 0.982. The molecule has 0 aromatic rings. The van der Waals surface area contributed by atoms with Crippen molar-refractivity contribution in [2.45, 2.75) is 39.7 Å². The molecule has 0 aliphatic rings. The van der Waals surface area contributed by atoms with E-state index in [0.29, 0.717) is 6.42 Å². The van der Waals surface area contributed by atoms with Crippen molar-refractivity contribution in [2.75, 3.05) is 6.54 Å². The van der Waals surface area contributed by atoms with Gasteiger partial charge in [0.05, 0.1) is 5.54 Å². The molecule has 60 valence electrons. The van der Waals surface area contributed by atoms with Crippen LogP contribution < -0.4 is 5.32 Å². The summed E-state index contributed by atoms with van der Waals surface area (Å²) in [7, 11) is 0. The Hall–Kier alpha value is -0.370. The Labute approximate surface area is 63.0 Å². The van der Waals surface area contributed by atoms with Crippen LogP contribution in [0.25, 0.3) is 0 Å². The fraction of sp³-hybridized carbons (Fsp3) is 0.875. The van der Waals surface area contributed by atoms with Crippen molar-refractivity contribution in [1.29, 1.82) is 0 Å². The van der Waals surface area contributed by atoms with Gasteiger partial charge in [-0.1, -0.05) is 13.8 Å². The average molecular weight is 143 g/mol. The zero-order valence-corrected chi connectivity index (χ0v) is 7.32. The lowest BCUT2D eigenvalue weighted by Gasteiger charge is -2.22. The number of carbonyl (C=O) groups is 1. The molecule has 2 heteroatoms. The van der Waals surface area contributed by atoms with Crippen LogP contribution in [0.3, 0.4) is 0 Å². The number of likely N-dealkylation sites (N-methyl/N-ethyl adjacent to an activating group) is 1. The molecule has 0 unspecified atom stereocenters. The van der Waals surface area contributed by atoms with Gasteiger partial charge in [0.25, 0.3) is 0 Å². The predicted octanol–water partition coefficient (Wildman–Crippen LogP) is 1.35. The topological polar surface area (TPSA) is 29.1 Å². The summed E-state index contributed by atoms with van der Waals surface area (Å²) in [5, 5.41) is 3.12. The van der Waals surface area contributed by atoms with Crippen molar-refractivity contribution in [3.8, 4) is 0 Å². The standard InChI is InChI=1S/C8H17NO/c1-5-7(10)8(3,4)9-6-2/h9H,5-6H2,1-4H3. The summed E-state index contributed by atoms with van der Waals surface area (Å²) in [4.78, 5) is 11.2. The summed E-state index contributed by atoms with van der Waals surface area (Å²) in [6.45, 7) is 8.58. The van der Waals surface area contributed by atoms with E-state index >= 15 is 0 Å². The highest BCUT2D eigenvalue weighted by atomic mass is 16.1. The number of Topliss-reactive ketones (excluding diaryl/α,β-unsaturated/α-hetero) is 1. The van der Waals surface area contributed by atoms with E-state index in [1.807, 2.05) is 27.7 Å². The van der Waals surface area contributed by atoms with Crippen LogP contribution in [0, 0.1) is 0 Å².